The number of ether oxygens (including phenoxy) is 2. The third-order valence-corrected chi connectivity index (χ3v) is 2.89. The van der Waals surface area contributed by atoms with E-state index in [0.29, 0.717) is 17.5 Å². The molecule has 17 heavy (non-hydrogen) atoms. The van der Waals surface area contributed by atoms with E-state index in [4.69, 9.17) is 25.5 Å². The van der Waals surface area contributed by atoms with E-state index in [-0.39, 0.29) is 6.79 Å². The van der Waals surface area contributed by atoms with Crippen LogP contribution in [-0.2, 0) is 5.88 Å². The fraction of sp³-hybridized carbons (Fsp3) is 0.250. The number of halogens is 1. The Bertz CT molecular complexity index is 565. The molecule has 0 N–H and O–H groups in total. The molecule has 0 saturated heterocycles. The molecule has 0 spiro atoms. The zero-order valence-corrected chi connectivity index (χ0v) is 9.95. The summed E-state index contributed by atoms with van der Waals surface area (Å²) in [6, 6.07) is 5.58. The van der Waals surface area contributed by atoms with E-state index in [0.717, 1.165) is 22.8 Å². The van der Waals surface area contributed by atoms with Gasteiger partial charge in [0.15, 0.2) is 11.5 Å². The molecular formula is C12H10ClNO3. The van der Waals surface area contributed by atoms with Crippen LogP contribution >= 0.6 is 11.6 Å². The first-order chi connectivity index (χ1) is 8.28. The SMILES string of the molecule is Cc1oc(-c2ccc3c(c2)OCO3)nc1CCl. The van der Waals surface area contributed by atoms with Crippen molar-refractivity contribution in [1.82, 2.24) is 4.98 Å². The lowest BCUT2D eigenvalue weighted by atomic mass is 10.2. The fourth-order valence-electron chi connectivity index (χ4n) is 1.71. The van der Waals surface area contributed by atoms with Crippen LogP contribution in [0.2, 0.25) is 0 Å². The number of oxazole rings is 1. The highest BCUT2D eigenvalue weighted by Gasteiger charge is 2.17. The van der Waals surface area contributed by atoms with Gasteiger partial charge in [-0.2, -0.15) is 0 Å². The van der Waals surface area contributed by atoms with Gasteiger partial charge in [-0.15, -0.1) is 11.6 Å². The average Bonchev–Trinajstić information content (AvgIpc) is 2.93. The fourth-order valence-corrected chi connectivity index (χ4v) is 1.95. The third kappa shape index (κ3) is 1.74. The summed E-state index contributed by atoms with van der Waals surface area (Å²) in [6.07, 6.45) is 0. The van der Waals surface area contributed by atoms with Crippen LogP contribution in [-0.4, -0.2) is 11.8 Å². The van der Waals surface area contributed by atoms with Crippen molar-refractivity contribution in [2.45, 2.75) is 12.8 Å². The smallest absolute Gasteiger partial charge is 0.231 e. The number of hydrogen-bond acceptors (Lipinski definition) is 4. The molecule has 0 saturated carbocycles. The highest BCUT2D eigenvalue weighted by molar-refractivity contribution is 6.16. The lowest BCUT2D eigenvalue weighted by Crippen LogP contribution is -1.92. The van der Waals surface area contributed by atoms with Crippen molar-refractivity contribution in [2.75, 3.05) is 6.79 Å². The molecule has 1 aliphatic heterocycles. The Morgan fingerprint density at radius 1 is 1.29 bits per heavy atom. The first-order valence-corrected chi connectivity index (χ1v) is 5.73. The van der Waals surface area contributed by atoms with Crippen molar-refractivity contribution in [3.05, 3.63) is 29.7 Å². The Labute approximate surface area is 103 Å². The maximum Gasteiger partial charge on any atom is 0.231 e. The van der Waals surface area contributed by atoms with Crippen molar-refractivity contribution < 1.29 is 13.9 Å². The minimum atomic E-state index is 0.260. The van der Waals surface area contributed by atoms with Crippen molar-refractivity contribution >= 4 is 11.6 Å². The van der Waals surface area contributed by atoms with Crippen LogP contribution in [0.5, 0.6) is 11.5 Å². The average molecular weight is 252 g/mol. The predicted molar refractivity (Wildman–Crippen MR) is 62.4 cm³/mol. The normalized spacial score (nSPS) is 13.1. The predicted octanol–water partition coefficient (Wildman–Crippen LogP) is 3.12. The minimum Gasteiger partial charge on any atom is -0.454 e. The van der Waals surface area contributed by atoms with Crippen molar-refractivity contribution in [3.8, 4) is 23.0 Å². The van der Waals surface area contributed by atoms with Crippen LogP contribution in [0.25, 0.3) is 11.5 Å². The molecule has 0 aliphatic carbocycles. The van der Waals surface area contributed by atoms with Crippen molar-refractivity contribution in [2.24, 2.45) is 0 Å². The summed E-state index contributed by atoms with van der Waals surface area (Å²) in [5.41, 5.74) is 1.62. The second kappa shape index (κ2) is 3.96. The van der Waals surface area contributed by atoms with E-state index >= 15 is 0 Å². The molecule has 4 nitrogen and oxygen atoms in total. The number of alkyl halides is 1. The molecule has 0 bridgehead atoms. The first kappa shape index (κ1) is 10.5. The number of nitrogens with zero attached hydrogens (tertiary/aromatic N) is 1. The molecule has 1 aliphatic rings. The van der Waals surface area contributed by atoms with Gasteiger partial charge in [0.25, 0.3) is 0 Å². The summed E-state index contributed by atoms with van der Waals surface area (Å²) >= 11 is 5.76. The van der Waals surface area contributed by atoms with Gasteiger partial charge in [0.05, 0.1) is 11.6 Å². The lowest BCUT2D eigenvalue weighted by molar-refractivity contribution is 0.174. The summed E-state index contributed by atoms with van der Waals surface area (Å²) < 4.78 is 16.1. The van der Waals surface area contributed by atoms with Crippen LogP contribution in [0.1, 0.15) is 11.5 Å². The molecule has 5 heteroatoms. The standard InChI is InChI=1S/C12H10ClNO3/c1-7-9(5-13)14-12(17-7)8-2-3-10-11(4-8)16-6-15-10/h2-4H,5-6H2,1H3. The molecule has 2 aromatic rings. The van der Waals surface area contributed by atoms with E-state index < -0.39 is 0 Å². The number of fused-ring (bicyclic) bond motifs is 1. The highest BCUT2D eigenvalue weighted by Crippen LogP contribution is 2.36. The molecule has 1 aromatic heterocycles. The largest absolute Gasteiger partial charge is 0.454 e. The quantitative estimate of drug-likeness (QED) is 0.770. The van der Waals surface area contributed by atoms with Crippen molar-refractivity contribution in [1.29, 1.82) is 0 Å². The van der Waals surface area contributed by atoms with Gasteiger partial charge >= 0.3 is 0 Å². The maximum atomic E-state index is 5.76. The van der Waals surface area contributed by atoms with Crippen LogP contribution in [0.3, 0.4) is 0 Å². The summed E-state index contributed by atoms with van der Waals surface area (Å²) in [5, 5.41) is 0. The van der Waals surface area contributed by atoms with Crippen LogP contribution in [0.15, 0.2) is 22.6 Å². The lowest BCUT2D eigenvalue weighted by Gasteiger charge is -1.98. The molecule has 88 valence electrons. The summed E-state index contributed by atoms with van der Waals surface area (Å²) in [4.78, 5) is 4.33. The van der Waals surface area contributed by atoms with Gasteiger partial charge in [-0.05, 0) is 25.1 Å². The Morgan fingerprint density at radius 2 is 2.12 bits per heavy atom. The van der Waals surface area contributed by atoms with Gasteiger partial charge in [-0.1, -0.05) is 0 Å². The van der Waals surface area contributed by atoms with Gasteiger partial charge in [0.2, 0.25) is 12.7 Å². The van der Waals surface area contributed by atoms with Gasteiger partial charge in [-0.3, -0.25) is 0 Å². The number of benzene rings is 1. The van der Waals surface area contributed by atoms with Gasteiger partial charge in [0, 0.05) is 5.56 Å². The van der Waals surface area contributed by atoms with Crippen LogP contribution in [0.4, 0.5) is 0 Å². The molecule has 0 fully saturated rings. The summed E-state index contributed by atoms with van der Waals surface area (Å²) in [5.74, 6) is 3.10. The topological polar surface area (TPSA) is 44.5 Å². The van der Waals surface area contributed by atoms with Crippen LogP contribution in [0, 0.1) is 6.92 Å². The molecule has 3 rings (SSSR count). The molecule has 0 unspecified atom stereocenters. The molecule has 0 atom stereocenters. The monoisotopic (exact) mass is 251 g/mol. The second-order valence-corrected chi connectivity index (χ2v) is 3.99. The Balaban J connectivity index is 2.03. The summed E-state index contributed by atoms with van der Waals surface area (Å²) in [7, 11) is 0. The Morgan fingerprint density at radius 3 is 2.88 bits per heavy atom. The van der Waals surface area contributed by atoms with E-state index in [1.807, 2.05) is 25.1 Å². The third-order valence-electron chi connectivity index (χ3n) is 2.64. The second-order valence-electron chi connectivity index (χ2n) is 3.72. The van der Waals surface area contributed by atoms with E-state index in [2.05, 4.69) is 4.98 Å². The maximum absolute atomic E-state index is 5.76. The molecular weight excluding hydrogens is 242 g/mol. The van der Waals surface area contributed by atoms with Crippen LogP contribution < -0.4 is 9.47 Å². The zero-order valence-electron chi connectivity index (χ0n) is 9.20. The molecule has 1 aromatic carbocycles. The first-order valence-electron chi connectivity index (χ1n) is 5.20. The number of rotatable bonds is 2. The van der Waals surface area contributed by atoms with Gasteiger partial charge < -0.3 is 13.9 Å². The van der Waals surface area contributed by atoms with E-state index in [1.54, 1.807) is 0 Å². The van der Waals surface area contributed by atoms with Gasteiger partial charge in [-0.25, -0.2) is 4.98 Å². The van der Waals surface area contributed by atoms with Crippen molar-refractivity contribution in [3.63, 3.8) is 0 Å². The van der Waals surface area contributed by atoms with E-state index in [1.165, 1.54) is 0 Å². The Hall–Kier alpha value is -1.68. The molecule has 0 radical (unpaired) electrons. The zero-order chi connectivity index (χ0) is 11.8. The number of aromatic nitrogens is 1. The van der Waals surface area contributed by atoms with E-state index in [9.17, 15) is 0 Å². The Kier molecular flexibility index (Phi) is 2.44. The highest BCUT2D eigenvalue weighted by atomic mass is 35.5. The minimum absolute atomic E-state index is 0.260. The molecule has 0 amide bonds. The number of hydrogen-bond donors (Lipinski definition) is 0. The number of aryl methyl sites for hydroxylation is 1. The summed E-state index contributed by atoms with van der Waals surface area (Å²) in [6.45, 7) is 2.11. The van der Waals surface area contributed by atoms with Gasteiger partial charge in [0.1, 0.15) is 5.76 Å². The molecule has 2 heterocycles.